The number of hydrogen-bond donors (Lipinski definition) is 1. The molecule has 3 rings (SSSR count). The lowest BCUT2D eigenvalue weighted by atomic mass is 10.1. The van der Waals surface area contributed by atoms with Crippen LogP contribution in [0.15, 0.2) is 36.4 Å². The van der Waals surface area contributed by atoms with E-state index in [1.807, 2.05) is 13.8 Å². The number of hydrogen-bond acceptors (Lipinski definition) is 2. The van der Waals surface area contributed by atoms with Gasteiger partial charge in [0, 0.05) is 0 Å². The van der Waals surface area contributed by atoms with Crippen molar-refractivity contribution in [3.63, 3.8) is 0 Å². The number of nitrogens with one attached hydrogen (secondary N) is 1. The van der Waals surface area contributed by atoms with E-state index in [4.69, 9.17) is 4.74 Å². The molecule has 0 radical (unpaired) electrons. The first-order valence-corrected chi connectivity index (χ1v) is 6.92. The van der Waals surface area contributed by atoms with Gasteiger partial charge in [0.2, 0.25) is 0 Å². The SMILES string of the molecule is Cc1cc(C)c2nc([C@H](C)Oc3ccc(F)cc3)[nH]c2c1. The second-order valence-corrected chi connectivity index (χ2v) is 5.31. The van der Waals surface area contributed by atoms with Crippen molar-refractivity contribution in [1.29, 1.82) is 0 Å². The molecule has 0 saturated heterocycles. The van der Waals surface area contributed by atoms with Crippen molar-refractivity contribution in [2.75, 3.05) is 0 Å². The van der Waals surface area contributed by atoms with Crippen LogP contribution in [0.2, 0.25) is 0 Å². The molecule has 2 aromatic carbocycles. The average molecular weight is 284 g/mol. The van der Waals surface area contributed by atoms with Crippen LogP contribution >= 0.6 is 0 Å². The van der Waals surface area contributed by atoms with E-state index in [9.17, 15) is 4.39 Å². The molecule has 0 fully saturated rings. The number of H-pyrrole nitrogens is 1. The van der Waals surface area contributed by atoms with Gasteiger partial charge in [-0.3, -0.25) is 0 Å². The maximum atomic E-state index is 12.9. The predicted molar refractivity (Wildman–Crippen MR) is 81.0 cm³/mol. The summed E-state index contributed by atoms with van der Waals surface area (Å²) in [4.78, 5) is 7.91. The van der Waals surface area contributed by atoms with E-state index >= 15 is 0 Å². The van der Waals surface area contributed by atoms with Crippen LogP contribution in [0.5, 0.6) is 5.75 Å². The summed E-state index contributed by atoms with van der Waals surface area (Å²) in [6.07, 6.45) is -0.234. The molecular weight excluding hydrogens is 267 g/mol. The fraction of sp³-hybridized carbons (Fsp3) is 0.235. The molecule has 0 amide bonds. The molecule has 0 unspecified atom stereocenters. The molecule has 1 atom stereocenters. The van der Waals surface area contributed by atoms with Crippen molar-refractivity contribution in [3.8, 4) is 5.75 Å². The second-order valence-electron chi connectivity index (χ2n) is 5.31. The molecule has 0 spiro atoms. The van der Waals surface area contributed by atoms with Crippen molar-refractivity contribution >= 4 is 11.0 Å². The minimum atomic E-state index is -0.273. The Morgan fingerprint density at radius 3 is 2.57 bits per heavy atom. The normalized spacial score (nSPS) is 12.6. The minimum Gasteiger partial charge on any atom is -0.483 e. The number of aromatic amines is 1. The number of halogens is 1. The maximum absolute atomic E-state index is 12.9. The van der Waals surface area contributed by atoms with Gasteiger partial charge in [-0.15, -0.1) is 0 Å². The molecule has 1 heterocycles. The Morgan fingerprint density at radius 2 is 1.86 bits per heavy atom. The molecule has 3 aromatic rings. The summed E-state index contributed by atoms with van der Waals surface area (Å²) in [7, 11) is 0. The number of benzene rings is 2. The Hall–Kier alpha value is -2.36. The van der Waals surface area contributed by atoms with Crippen molar-refractivity contribution in [2.45, 2.75) is 26.9 Å². The van der Waals surface area contributed by atoms with Gasteiger partial charge in [0.1, 0.15) is 17.4 Å². The van der Waals surface area contributed by atoms with E-state index in [1.54, 1.807) is 12.1 Å². The number of fused-ring (bicyclic) bond motifs is 1. The summed E-state index contributed by atoms with van der Waals surface area (Å²) in [5, 5.41) is 0. The standard InChI is InChI=1S/C17H17FN2O/c1-10-8-11(2)16-15(9-10)19-17(20-16)12(3)21-14-6-4-13(18)5-7-14/h4-9,12H,1-3H3,(H,19,20)/t12-/m0/s1. The molecule has 0 aliphatic heterocycles. The van der Waals surface area contributed by atoms with Gasteiger partial charge >= 0.3 is 0 Å². The predicted octanol–water partition coefficient (Wildman–Crippen LogP) is 4.46. The molecule has 0 aliphatic rings. The Morgan fingerprint density at radius 1 is 1.14 bits per heavy atom. The monoisotopic (exact) mass is 284 g/mol. The van der Waals surface area contributed by atoms with Crippen LogP contribution in [0.3, 0.4) is 0 Å². The smallest absolute Gasteiger partial charge is 0.153 e. The molecular formula is C17H17FN2O. The zero-order valence-electron chi connectivity index (χ0n) is 12.3. The first-order valence-electron chi connectivity index (χ1n) is 6.92. The van der Waals surface area contributed by atoms with Crippen molar-refractivity contribution < 1.29 is 9.13 Å². The lowest BCUT2D eigenvalue weighted by Crippen LogP contribution is -2.05. The van der Waals surface area contributed by atoms with Crippen molar-refractivity contribution in [3.05, 3.63) is 59.2 Å². The van der Waals surface area contributed by atoms with E-state index in [0.717, 1.165) is 22.4 Å². The third kappa shape index (κ3) is 2.75. The number of aromatic nitrogens is 2. The lowest BCUT2D eigenvalue weighted by Gasteiger charge is -2.12. The molecule has 108 valence electrons. The molecule has 3 nitrogen and oxygen atoms in total. The first kappa shape index (κ1) is 13.6. The maximum Gasteiger partial charge on any atom is 0.153 e. The summed E-state index contributed by atoms with van der Waals surface area (Å²) < 4.78 is 18.7. The first-order chi connectivity index (χ1) is 10.0. The number of nitrogens with zero attached hydrogens (tertiary/aromatic N) is 1. The summed E-state index contributed by atoms with van der Waals surface area (Å²) >= 11 is 0. The lowest BCUT2D eigenvalue weighted by molar-refractivity contribution is 0.217. The third-order valence-corrected chi connectivity index (χ3v) is 3.45. The fourth-order valence-electron chi connectivity index (χ4n) is 2.46. The van der Waals surface area contributed by atoms with E-state index in [0.29, 0.717) is 5.75 Å². The highest BCUT2D eigenvalue weighted by Crippen LogP contribution is 2.24. The van der Waals surface area contributed by atoms with Crippen molar-refractivity contribution in [1.82, 2.24) is 9.97 Å². The second kappa shape index (κ2) is 5.20. The van der Waals surface area contributed by atoms with Crippen LogP contribution in [0.4, 0.5) is 4.39 Å². The highest BCUT2D eigenvalue weighted by molar-refractivity contribution is 5.79. The number of rotatable bonds is 3. The van der Waals surface area contributed by atoms with E-state index in [1.165, 1.54) is 17.7 Å². The van der Waals surface area contributed by atoms with E-state index in [-0.39, 0.29) is 11.9 Å². The van der Waals surface area contributed by atoms with Gasteiger partial charge < -0.3 is 9.72 Å². The quantitative estimate of drug-likeness (QED) is 0.771. The Kier molecular flexibility index (Phi) is 3.37. The average Bonchev–Trinajstić information content (AvgIpc) is 2.85. The van der Waals surface area contributed by atoms with Gasteiger partial charge in [-0.1, -0.05) is 6.07 Å². The van der Waals surface area contributed by atoms with Gasteiger partial charge in [-0.2, -0.15) is 0 Å². The summed E-state index contributed by atoms with van der Waals surface area (Å²) in [5.41, 5.74) is 4.31. The number of imidazole rings is 1. The summed E-state index contributed by atoms with van der Waals surface area (Å²) in [6, 6.07) is 10.2. The summed E-state index contributed by atoms with van der Waals surface area (Å²) in [6.45, 7) is 6.03. The Bertz CT molecular complexity index is 777. The molecule has 1 N–H and O–H groups in total. The zero-order valence-corrected chi connectivity index (χ0v) is 12.3. The van der Waals surface area contributed by atoms with Gasteiger partial charge in [-0.05, 0) is 62.2 Å². The Labute approximate surface area is 122 Å². The Balaban J connectivity index is 1.89. The number of aryl methyl sites for hydroxylation is 2. The van der Waals surface area contributed by atoms with Crippen LogP contribution in [0.1, 0.15) is 30.0 Å². The van der Waals surface area contributed by atoms with Gasteiger partial charge in [-0.25, -0.2) is 9.37 Å². The zero-order chi connectivity index (χ0) is 15.0. The molecule has 0 aliphatic carbocycles. The largest absolute Gasteiger partial charge is 0.483 e. The highest BCUT2D eigenvalue weighted by Gasteiger charge is 2.14. The van der Waals surface area contributed by atoms with Crippen molar-refractivity contribution in [2.24, 2.45) is 0 Å². The van der Waals surface area contributed by atoms with Gasteiger partial charge in [0.05, 0.1) is 11.0 Å². The minimum absolute atomic E-state index is 0.234. The van der Waals surface area contributed by atoms with Gasteiger partial charge in [0.15, 0.2) is 6.10 Å². The topological polar surface area (TPSA) is 37.9 Å². The molecule has 0 bridgehead atoms. The van der Waals surface area contributed by atoms with Crippen LogP contribution in [0, 0.1) is 19.7 Å². The third-order valence-electron chi connectivity index (χ3n) is 3.45. The molecule has 21 heavy (non-hydrogen) atoms. The van der Waals surface area contributed by atoms with E-state index in [2.05, 4.69) is 29.0 Å². The fourth-order valence-corrected chi connectivity index (χ4v) is 2.46. The molecule has 4 heteroatoms. The number of ether oxygens (including phenoxy) is 1. The van der Waals surface area contributed by atoms with Crippen LogP contribution < -0.4 is 4.74 Å². The molecule has 0 saturated carbocycles. The molecule has 1 aromatic heterocycles. The highest BCUT2D eigenvalue weighted by atomic mass is 19.1. The van der Waals surface area contributed by atoms with E-state index < -0.39 is 0 Å². The van der Waals surface area contributed by atoms with Gasteiger partial charge in [0.25, 0.3) is 0 Å². The summed E-state index contributed by atoms with van der Waals surface area (Å²) in [5.74, 6) is 1.12. The van der Waals surface area contributed by atoms with Crippen LogP contribution in [-0.4, -0.2) is 9.97 Å². The van der Waals surface area contributed by atoms with Crippen LogP contribution in [0.25, 0.3) is 11.0 Å². The van der Waals surface area contributed by atoms with Crippen LogP contribution in [-0.2, 0) is 0 Å².